The molecule has 0 fully saturated rings. The number of nitrogen functional groups attached to an aromatic ring is 1. The molecule has 3 heterocycles. The molecule has 4 rings (SSSR count). The van der Waals surface area contributed by atoms with Crippen LogP contribution >= 0.6 is 22.9 Å². The first-order chi connectivity index (χ1) is 11.7. The molecule has 0 spiro atoms. The number of halogens is 1. The fourth-order valence-corrected chi connectivity index (χ4v) is 2.94. The van der Waals surface area contributed by atoms with Crippen molar-refractivity contribution in [2.45, 2.75) is 0 Å². The Morgan fingerprint density at radius 2 is 2.00 bits per heavy atom. The Labute approximate surface area is 151 Å². The second-order valence-corrected chi connectivity index (χ2v) is 7.86. The van der Waals surface area contributed by atoms with Gasteiger partial charge in [-0.2, -0.15) is 12.9 Å². The quantitative estimate of drug-likeness (QED) is 0.473. The molecule has 0 aliphatic rings. The van der Waals surface area contributed by atoms with Gasteiger partial charge in [-0.05, 0) is 29.6 Å². The van der Waals surface area contributed by atoms with Crippen molar-refractivity contribution >= 4 is 55.6 Å². The maximum absolute atomic E-state index is 9.19. The van der Waals surface area contributed by atoms with E-state index < -0.39 is 10.1 Å². The highest BCUT2D eigenvalue weighted by molar-refractivity contribution is 7.85. The number of anilines is 1. The van der Waals surface area contributed by atoms with Crippen molar-refractivity contribution in [3.05, 3.63) is 40.7 Å². The van der Waals surface area contributed by atoms with Crippen LogP contribution in [0.2, 0.25) is 5.02 Å². The van der Waals surface area contributed by atoms with E-state index in [0.29, 0.717) is 28.7 Å². The molecule has 0 bridgehead atoms. The molecule has 0 radical (unpaired) electrons. The van der Waals surface area contributed by atoms with Crippen LogP contribution < -0.4 is 5.73 Å². The van der Waals surface area contributed by atoms with Gasteiger partial charge in [-0.15, -0.1) is 16.4 Å². The van der Waals surface area contributed by atoms with E-state index in [1.807, 2.05) is 29.6 Å². The van der Waals surface area contributed by atoms with Crippen LogP contribution in [0.25, 0.3) is 27.3 Å². The Morgan fingerprint density at radius 1 is 1.28 bits per heavy atom. The number of fused-ring (bicyclic) bond motifs is 3. The van der Waals surface area contributed by atoms with E-state index in [9.17, 15) is 8.42 Å². The lowest BCUT2D eigenvalue weighted by atomic mass is 10.2. The number of aromatic nitrogens is 4. The van der Waals surface area contributed by atoms with Crippen LogP contribution in [0.4, 0.5) is 5.95 Å². The Kier molecular flexibility index (Phi) is 4.60. The first-order valence-electron chi connectivity index (χ1n) is 6.80. The smallest absolute Gasteiger partial charge is 0.261 e. The minimum absolute atomic E-state index is 0.310. The van der Waals surface area contributed by atoms with E-state index in [-0.39, 0.29) is 0 Å². The minimum atomic E-state index is -3.67. The number of nitrogens with two attached hydrogens (primary N) is 1. The summed E-state index contributed by atoms with van der Waals surface area (Å²) in [5, 5.41) is 7.87. The molecule has 8 nitrogen and oxygen atoms in total. The predicted octanol–water partition coefficient (Wildman–Crippen LogP) is 2.75. The van der Waals surface area contributed by atoms with Crippen LogP contribution in [-0.2, 0) is 10.1 Å². The maximum atomic E-state index is 9.19. The second-order valence-electron chi connectivity index (χ2n) is 5.01. The summed E-state index contributed by atoms with van der Waals surface area (Å²) in [6.07, 6.45) is 0.715. The van der Waals surface area contributed by atoms with Crippen LogP contribution in [0.5, 0.6) is 0 Å². The molecule has 0 saturated heterocycles. The van der Waals surface area contributed by atoms with Crippen LogP contribution in [-0.4, -0.2) is 38.8 Å². The number of nitrogens with zero attached hydrogens (tertiary/aromatic N) is 4. The summed E-state index contributed by atoms with van der Waals surface area (Å²) in [7, 11) is -3.67. The average Bonchev–Trinajstić information content (AvgIpc) is 3.15. The van der Waals surface area contributed by atoms with Crippen molar-refractivity contribution in [1.82, 2.24) is 19.6 Å². The summed E-state index contributed by atoms with van der Waals surface area (Å²) in [6.45, 7) is 0. The van der Waals surface area contributed by atoms with Crippen molar-refractivity contribution in [3.8, 4) is 10.7 Å². The van der Waals surface area contributed by atoms with Crippen LogP contribution in [0.1, 0.15) is 0 Å². The zero-order valence-electron chi connectivity index (χ0n) is 12.8. The molecule has 0 aliphatic carbocycles. The van der Waals surface area contributed by atoms with Gasteiger partial charge in [-0.25, -0.2) is 9.97 Å². The molecule has 3 aromatic heterocycles. The Hall–Kier alpha value is -2.27. The molecule has 0 amide bonds. The lowest BCUT2D eigenvalue weighted by Crippen LogP contribution is -2.02. The molecule has 4 aromatic rings. The molecule has 0 atom stereocenters. The highest BCUT2D eigenvalue weighted by atomic mass is 35.5. The summed E-state index contributed by atoms with van der Waals surface area (Å²) in [4.78, 5) is 9.88. The topological polar surface area (TPSA) is 123 Å². The van der Waals surface area contributed by atoms with Gasteiger partial charge in [0.2, 0.25) is 5.95 Å². The van der Waals surface area contributed by atoms with Gasteiger partial charge in [0.15, 0.2) is 11.5 Å². The van der Waals surface area contributed by atoms with Gasteiger partial charge in [0.05, 0.1) is 16.6 Å². The molecule has 25 heavy (non-hydrogen) atoms. The normalized spacial score (nSPS) is 11.5. The zero-order valence-corrected chi connectivity index (χ0v) is 15.2. The second kappa shape index (κ2) is 6.56. The summed E-state index contributed by atoms with van der Waals surface area (Å²) < 4.78 is 27.4. The number of thiophene rings is 1. The number of hydrogen-bond acceptors (Lipinski definition) is 7. The van der Waals surface area contributed by atoms with Gasteiger partial charge >= 0.3 is 0 Å². The fourth-order valence-electron chi connectivity index (χ4n) is 2.11. The maximum Gasteiger partial charge on any atom is 0.261 e. The zero-order chi connectivity index (χ0) is 18.2. The number of hydrogen-bond donors (Lipinski definition) is 2. The number of rotatable bonds is 1. The molecule has 3 N–H and O–H groups in total. The average molecular weight is 398 g/mol. The molecule has 0 aliphatic heterocycles. The lowest BCUT2D eigenvalue weighted by Gasteiger charge is -2.02. The summed E-state index contributed by atoms with van der Waals surface area (Å²) in [5.41, 5.74) is 7.37. The molecule has 11 heteroatoms. The van der Waals surface area contributed by atoms with E-state index in [1.54, 1.807) is 21.9 Å². The van der Waals surface area contributed by atoms with Gasteiger partial charge in [0.1, 0.15) is 0 Å². The van der Waals surface area contributed by atoms with Gasteiger partial charge < -0.3 is 5.73 Å². The third-order valence-electron chi connectivity index (χ3n) is 3.00. The highest BCUT2D eigenvalue weighted by Gasteiger charge is 2.13. The van der Waals surface area contributed by atoms with Crippen molar-refractivity contribution in [1.29, 1.82) is 0 Å². The minimum Gasteiger partial charge on any atom is -0.368 e. The lowest BCUT2D eigenvalue weighted by molar-refractivity contribution is 0.490. The van der Waals surface area contributed by atoms with Crippen molar-refractivity contribution in [3.63, 3.8) is 0 Å². The Morgan fingerprint density at radius 3 is 2.64 bits per heavy atom. The predicted molar refractivity (Wildman–Crippen MR) is 98.5 cm³/mol. The number of benzene rings is 1. The van der Waals surface area contributed by atoms with E-state index in [1.165, 1.54) is 0 Å². The molecule has 0 unspecified atom stereocenters. The fraction of sp³-hybridized carbons (Fsp3) is 0.0714. The Balaban J connectivity index is 0.000000324. The van der Waals surface area contributed by atoms with Gasteiger partial charge in [0, 0.05) is 10.4 Å². The van der Waals surface area contributed by atoms with Crippen LogP contribution in [0.3, 0.4) is 0 Å². The van der Waals surface area contributed by atoms with E-state index in [2.05, 4.69) is 15.1 Å². The first kappa shape index (κ1) is 17.5. The summed E-state index contributed by atoms with van der Waals surface area (Å²) in [6, 6.07) is 9.36. The van der Waals surface area contributed by atoms with Crippen LogP contribution in [0, 0.1) is 0 Å². The van der Waals surface area contributed by atoms with Crippen molar-refractivity contribution in [2.24, 2.45) is 0 Å². The summed E-state index contributed by atoms with van der Waals surface area (Å²) in [5.74, 6) is 0.950. The molecular weight excluding hydrogens is 386 g/mol. The van der Waals surface area contributed by atoms with Gasteiger partial charge in [-0.1, -0.05) is 17.7 Å². The van der Waals surface area contributed by atoms with E-state index >= 15 is 0 Å². The van der Waals surface area contributed by atoms with Crippen molar-refractivity contribution < 1.29 is 13.0 Å². The third-order valence-corrected chi connectivity index (χ3v) is 4.10. The van der Waals surface area contributed by atoms with Gasteiger partial charge in [-0.3, -0.25) is 4.55 Å². The van der Waals surface area contributed by atoms with Crippen molar-refractivity contribution in [2.75, 3.05) is 12.0 Å². The van der Waals surface area contributed by atoms with E-state index in [0.717, 1.165) is 15.8 Å². The monoisotopic (exact) mass is 397 g/mol. The largest absolute Gasteiger partial charge is 0.368 e. The van der Waals surface area contributed by atoms with Crippen LogP contribution in [0.15, 0.2) is 35.7 Å². The third kappa shape index (κ3) is 4.04. The van der Waals surface area contributed by atoms with Gasteiger partial charge in [0.25, 0.3) is 10.1 Å². The first-order valence-corrected chi connectivity index (χ1v) is 9.91. The highest BCUT2D eigenvalue weighted by Crippen LogP contribution is 2.27. The SMILES string of the molecule is CS(=O)(=O)O.Nc1nc2ccc(Cl)cc2c2nc(-c3cccs3)nn12. The van der Waals surface area contributed by atoms with E-state index in [4.69, 9.17) is 21.9 Å². The standard InChI is InChI=1S/C13H8ClN5S.CH4O3S/c14-7-3-4-9-8(6-7)12-17-11(10-2-1-5-20-10)18-19(12)13(15)16-9;1-5(2,3)4/h1-6H,(H2,15,16);1H3,(H,2,3,4). The Bertz CT molecular complexity index is 1150. The summed E-state index contributed by atoms with van der Waals surface area (Å²) >= 11 is 7.63. The molecule has 0 saturated carbocycles. The molecular formula is C14H12ClN5O3S2. The molecule has 130 valence electrons. The molecule has 1 aromatic carbocycles.